The van der Waals surface area contributed by atoms with Gasteiger partial charge in [-0.25, -0.2) is 4.79 Å². The molecule has 3 N–H and O–H groups in total. The second kappa shape index (κ2) is 5.75. The molecule has 6 nitrogen and oxygen atoms in total. The first-order chi connectivity index (χ1) is 9.49. The van der Waals surface area contributed by atoms with Crippen LogP contribution in [-0.4, -0.2) is 21.5 Å². The topological polar surface area (TPSA) is 84.1 Å². The lowest BCUT2D eigenvalue weighted by Gasteiger charge is -2.18. The molecule has 0 saturated heterocycles. The summed E-state index contributed by atoms with van der Waals surface area (Å²) in [5.41, 5.74) is 6.47. The molecule has 0 aliphatic rings. The average Bonchev–Trinajstić information content (AvgIpc) is 2.42. The van der Waals surface area contributed by atoms with Gasteiger partial charge in [0.25, 0.3) is 5.56 Å². The Morgan fingerprint density at radius 3 is 2.50 bits per heavy atom. The van der Waals surface area contributed by atoms with Gasteiger partial charge in [-0.3, -0.25) is 19.2 Å². The lowest BCUT2D eigenvalue weighted by molar-refractivity contribution is 0.317. The van der Waals surface area contributed by atoms with Crippen molar-refractivity contribution >= 4 is 5.82 Å². The number of rotatable bonds is 4. The predicted octanol–water partition coefficient (Wildman–Crippen LogP) is 0.288. The second-order valence-electron chi connectivity index (χ2n) is 4.84. The number of H-pyrrole nitrogens is 1. The lowest BCUT2D eigenvalue weighted by atomic mass is 10.2. The van der Waals surface area contributed by atoms with Crippen LogP contribution >= 0.6 is 0 Å². The summed E-state index contributed by atoms with van der Waals surface area (Å²) in [6.07, 6.45) is 0. The molecule has 0 spiro atoms. The van der Waals surface area contributed by atoms with Crippen molar-refractivity contribution in [3.05, 3.63) is 62.3 Å². The molecule has 0 saturated carbocycles. The first kappa shape index (κ1) is 14.1. The largest absolute Gasteiger partial charge is 0.385 e. The summed E-state index contributed by atoms with van der Waals surface area (Å²) in [5, 5.41) is 0. The van der Waals surface area contributed by atoms with Gasteiger partial charge in [-0.05, 0) is 12.6 Å². The van der Waals surface area contributed by atoms with Gasteiger partial charge >= 0.3 is 5.69 Å². The van der Waals surface area contributed by atoms with Gasteiger partial charge in [-0.2, -0.15) is 0 Å². The highest BCUT2D eigenvalue weighted by Crippen LogP contribution is 2.08. The third kappa shape index (κ3) is 2.97. The predicted molar refractivity (Wildman–Crippen MR) is 78.3 cm³/mol. The molecule has 0 unspecified atom stereocenters. The smallest absolute Gasteiger partial charge is 0.329 e. The molecule has 0 amide bonds. The normalized spacial score (nSPS) is 10.9. The average molecular weight is 274 g/mol. The third-order valence-corrected chi connectivity index (χ3v) is 3.19. The molecule has 0 atom stereocenters. The van der Waals surface area contributed by atoms with Gasteiger partial charge in [0.1, 0.15) is 5.82 Å². The van der Waals surface area contributed by atoms with E-state index in [0.29, 0.717) is 18.7 Å². The standard InChI is InChI=1S/C14H18N4O2/c1-17(8-10-6-4-3-5-7-10)9-11-12(15)18(2)14(20)16-13(11)19/h3-7H,8-9,15H2,1-2H3,(H,16,19,20). The molecule has 0 bridgehead atoms. The molecule has 0 aliphatic heterocycles. The summed E-state index contributed by atoms with van der Waals surface area (Å²) in [6.45, 7) is 1.08. The van der Waals surface area contributed by atoms with Crippen LogP contribution in [0.3, 0.4) is 0 Å². The van der Waals surface area contributed by atoms with Crippen molar-refractivity contribution in [2.45, 2.75) is 13.1 Å². The summed E-state index contributed by atoms with van der Waals surface area (Å²) in [6, 6.07) is 9.93. The fraction of sp³-hybridized carbons (Fsp3) is 0.286. The van der Waals surface area contributed by atoms with Crippen LogP contribution < -0.4 is 17.0 Å². The summed E-state index contributed by atoms with van der Waals surface area (Å²) in [5.74, 6) is 0.207. The maximum atomic E-state index is 11.8. The Kier molecular flexibility index (Phi) is 4.05. The summed E-state index contributed by atoms with van der Waals surface area (Å²) in [7, 11) is 3.44. The van der Waals surface area contributed by atoms with Crippen molar-refractivity contribution in [1.29, 1.82) is 0 Å². The second-order valence-corrected chi connectivity index (χ2v) is 4.84. The molecule has 20 heavy (non-hydrogen) atoms. The van der Waals surface area contributed by atoms with Gasteiger partial charge in [-0.1, -0.05) is 30.3 Å². The van der Waals surface area contributed by atoms with Crippen LogP contribution in [-0.2, 0) is 20.1 Å². The van der Waals surface area contributed by atoms with E-state index in [1.54, 1.807) is 0 Å². The molecular weight excluding hydrogens is 256 g/mol. The van der Waals surface area contributed by atoms with Crippen molar-refractivity contribution in [1.82, 2.24) is 14.5 Å². The first-order valence-electron chi connectivity index (χ1n) is 6.29. The van der Waals surface area contributed by atoms with Crippen LogP contribution in [0.25, 0.3) is 0 Å². The van der Waals surface area contributed by atoms with E-state index in [2.05, 4.69) is 4.98 Å². The summed E-state index contributed by atoms with van der Waals surface area (Å²) < 4.78 is 1.24. The van der Waals surface area contributed by atoms with Crippen LogP contribution in [0.15, 0.2) is 39.9 Å². The Hall–Kier alpha value is -2.34. The molecular formula is C14H18N4O2. The van der Waals surface area contributed by atoms with Gasteiger partial charge in [0, 0.05) is 20.1 Å². The van der Waals surface area contributed by atoms with Gasteiger partial charge < -0.3 is 5.73 Å². The minimum Gasteiger partial charge on any atom is -0.385 e. The molecule has 1 aromatic heterocycles. The first-order valence-corrected chi connectivity index (χ1v) is 6.29. The number of nitrogens with two attached hydrogens (primary N) is 1. The van der Waals surface area contributed by atoms with Crippen LogP contribution in [0.2, 0.25) is 0 Å². The van der Waals surface area contributed by atoms with E-state index >= 15 is 0 Å². The number of aromatic nitrogens is 2. The maximum Gasteiger partial charge on any atom is 0.329 e. The molecule has 2 rings (SSSR count). The molecule has 0 aliphatic carbocycles. The molecule has 6 heteroatoms. The highest BCUT2D eigenvalue weighted by Gasteiger charge is 2.12. The highest BCUT2D eigenvalue weighted by molar-refractivity contribution is 5.37. The van der Waals surface area contributed by atoms with Gasteiger partial charge in [0.05, 0.1) is 5.56 Å². The van der Waals surface area contributed by atoms with E-state index in [9.17, 15) is 9.59 Å². The van der Waals surface area contributed by atoms with Crippen LogP contribution in [0.5, 0.6) is 0 Å². The molecule has 106 valence electrons. The SMILES string of the molecule is CN(Cc1ccccc1)Cc1c(N)n(C)c(=O)[nH]c1=O. The number of anilines is 1. The summed E-state index contributed by atoms with van der Waals surface area (Å²) >= 11 is 0. The maximum absolute atomic E-state index is 11.8. The van der Waals surface area contributed by atoms with Crippen molar-refractivity contribution in [2.75, 3.05) is 12.8 Å². The van der Waals surface area contributed by atoms with Crippen molar-refractivity contribution < 1.29 is 0 Å². The number of hydrogen-bond donors (Lipinski definition) is 2. The van der Waals surface area contributed by atoms with E-state index in [1.165, 1.54) is 11.6 Å². The van der Waals surface area contributed by atoms with Gasteiger partial charge in [-0.15, -0.1) is 0 Å². The Morgan fingerprint density at radius 1 is 1.20 bits per heavy atom. The van der Waals surface area contributed by atoms with Gasteiger partial charge in [0.15, 0.2) is 0 Å². The van der Waals surface area contributed by atoms with E-state index in [4.69, 9.17) is 5.73 Å². The van der Waals surface area contributed by atoms with E-state index in [1.807, 2.05) is 42.3 Å². The van der Waals surface area contributed by atoms with Crippen LogP contribution in [0.1, 0.15) is 11.1 Å². The number of nitrogens with zero attached hydrogens (tertiary/aromatic N) is 2. The molecule has 0 radical (unpaired) electrons. The molecule has 1 heterocycles. The Morgan fingerprint density at radius 2 is 1.85 bits per heavy atom. The Balaban J connectivity index is 2.20. The molecule has 2 aromatic rings. The highest BCUT2D eigenvalue weighted by atomic mass is 16.2. The number of aromatic amines is 1. The monoisotopic (exact) mass is 274 g/mol. The van der Waals surface area contributed by atoms with Gasteiger partial charge in [0.2, 0.25) is 0 Å². The van der Waals surface area contributed by atoms with E-state index in [0.717, 1.165) is 5.56 Å². The molecule has 1 aromatic carbocycles. The fourth-order valence-electron chi connectivity index (χ4n) is 2.06. The fourth-order valence-corrected chi connectivity index (χ4v) is 2.06. The van der Waals surface area contributed by atoms with E-state index < -0.39 is 11.2 Å². The number of nitrogens with one attached hydrogen (secondary N) is 1. The summed E-state index contributed by atoms with van der Waals surface area (Å²) in [4.78, 5) is 27.5. The third-order valence-electron chi connectivity index (χ3n) is 3.19. The number of hydrogen-bond acceptors (Lipinski definition) is 4. The zero-order valence-corrected chi connectivity index (χ0v) is 11.6. The molecule has 0 fully saturated rings. The number of nitrogen functional groups attached to an aromatic ring is 1. The van der Waals surface area contributed by atoms with E-state index in [-0.39, 0.29) is 5.82 Å². The van der Waals surface area contributed by atoms with Crippen LogP contribution in [0, 0.1) is 0 Å². The van der Waals surface area contributed by atoms with Crippen molar-refractivity contribution in [2.24, 2.45) is 7.05 Å². The minimum absolute atomic E-state index is 0.207. The van der Waals surface area contributed by atoms with Crippen LogP contribution in [0.4, 0.5) is 5.82 Å². The van der Waals surface area contributed by atoms with Crippen molar-refractivity contribution in [3.63, 3.8) is 0 Å². The zero-order chi connectivity index (χ0) is 14.7. The number of benzene rings is 1. The Labute approximate surface area is 116 Å². The van der Waals surface area contributed by atoms with Crippen molar-refractivity contribution in [3.8, 4) is 0 Å². The quantitative estimate of drug-likeness (QED) is 0.839. The lowest BCUT2D eigenvalue weighted by Crippen LogP contribution is -2.35. The zero-order valence-electron chi connectivity index (χ0n) is 11.6. The Bertz CT molecular complexity index is 703. The minimum atomic E-state index is -0.498.